The van der Waals surface area contributed by atoms with E-state index >= 15 is 0 Å². The van der Waals surface area contributed by atoms with Crippen molar-refractivity contribution in [2.75, 3.05) is 13.4 Å². The van der Waals surface area contributed by atoms with Crippen molar-refractivity contribution in [2.24, 2.45) is 0 Å². The fourth-order valence-electron chi connectivity index (χ4n) is 1.68. The summed E-state index contributed by atoms with van der Waals surface area (Å²) in [5.74, 6) is 0.443. The predicted octanol–water partition coefficient (Wildman–Crippen LogP) is 1.35. The molecule has 1 aromatic carbocycles. The molecule has 0 spiro atoms. The van der Waals surface area contributed by atoms with E-state index < -0.39 is 9.84 Å². The summed E-state index contributed by atoms with van der Waals surface area (Å²) in [6.45, 7) is 0. The molecule has 0 unspecified atom stereocenters. The second-order valence-electron chi connectivity index (χ2n) is 4.36. The highest BCUT2D eigenvalue weighted by atomic mass is 32.2. The molecule has 21 heavy (non-hydrogen) atoms. The lowest BCUT2D eigenvalue weighted by molar-refractivity contribution is 0.412. The number of nitrogens with zero attached hydrogens (tertiary/aromatic N) is 1. The van der Waals surface area contributed by atoms with E-state index in [1.807, 2.05) is 0 Å². The number of methoxy groups -OCH3 is 1. The number of ether oxygens (including phenoxy) is 1. The Balaban J connectivity index is 2.36. The number of sulfone groups is 1. The molecule has 0 atom stereocenters. The van der Waals surface area contributed by atoms with E-state index in [0.29, 0.717) is 17.0 Å². The van der Waals surface area contributed by atoms with Crippen LogP contribution in [0, 0.1) is 0 Å². The Kier molecular flexibility index (Phi) is 4.23. The van der Waals surface area contributed by atoms with Gasteiger partial charge in [-0.2, -0.15) is 5.10 Å². The molecule has 0 bridgehead atoms. The molecule has 0 fully saturated rings. The van der Waals surface area contributed by atoms with Gasteiger partial charge in [-0.3, -0.25) is 4.79 Å². The maximum absolute atomic E-state index is 11.5. The Labute approximate surface area is 122 Å². The van der Waals surface area contributed by atoms with E-state index in [0.717, 1.165) is 6.26 Å². The number of rotatable bonds is 4. The summed E-state index contributed by atoms with van der Waals surface area (Å²) in [6.07, 6.45) is 4.56. The topological polar surface area (TPSA) is 89.1 Å². The molecule has 6 nitrogen and oxygen atoms in total. The van der Waals surface area contributed by atoms with Crippen LogP contribution >= 0.6 is 0 Å². The first-order chi connectivity index (χ1) is 9.90. The van der Waals surface area contributed by atoms with Gasteiger partial charge >= 0.3 is 0 Å². The number of aromatic nitrogens is 2. The number of nitrogens with one attached hydrogen (secondary N) is 1. The molecule has 2 aromatic rings. The van der Waals surface area contributed by atoms with Crippen molar-refractivity contribution in [3.63, 3.8) is 0 Å². The minimum atomic E-state index is -3.28. The third kappa shape index (κ3) is 3.79. The predicted molar refractivity (Wildman–Crippen MR) is 79.9 cm³/mol. The summed E-state index contributed by atoms with van der Waals surface area (Å²) in [7, 11) is -1.81. The summed E-state index contributed by atoms with van der Waals surface area (Å²) >= 11 is 0. The zero-order chi connectivity index (χ0) is 15.5. The van der Waals surface area contributed by atoms with Crippen LogP contribution in [0.25, 0.3) is 12.2 Å². The highest BCUT2D eigenvalue weighted by Gasteiger charge is 2.10. The van der Waals surface area contributed by atoms with Crippen LogP contribution in [-0.2, 0) is 9.84 Å². The Bertz CT molecular complexity index is 818. The Morgan fingerprint density at radius 3 is 2.52 bits per heavy atom. The zero-order valence-electron chi connectivity index (χ0n) is 11.5. The molecule has 1 heterocycles. The normalized spacial score (nSPS) is 11.7. The average molecular weight is 306 g/mol. The fourth-order valence-corrected chi connectivity index (χ4v) is 2.32. The molecule has 0 saturated heterocycles. The van der Waals surface area contributed by atoms with Gasteiger partial charge in [-0.15, -0.1) is 0 Å². The SMILES string of the molecule is COc1cc(S(C)(=O)=O)ccc1C=Cc1ccc(=O)[nH]n1. The first kappa shape index (κ1) is 15.0. The van der Waals surface area contributed by atoms with Crippen molar-refractivity contribution < 1.29 is 13.2 Å². The molecule has 0 aliphatic rings. The van der Waals surface area contributed by atoms with E-state index in [1.165, 1.54) is 25.3 Å². The molecule has 1 aromatic heterocycles. The molecule has 0 saturated carbocycles. The van der Waals surface area contributed by atoms with Crippen LogP contribution in [0.15, 0.2) is 40.0 Å². The lowest BCUT2D eigenvalue weighted by atomic mass is 10.1. The van der Waals surface area contributed by atoms with Gasteiger partial charge in [0, 0.05) is 17.9 Å². The molecule has 2 rings (SSSR count). The number of aromatic amines is 1. The summed E-state index contributed by atoms with van der Waals surface area (Å²) < 4.78 is 28.2. The van der Waals surface area contributed by atoms with Gasteiger partial charge in [-0.25, -0.2) is 13.5 Å². The van der Waals surface area contributed by atoms with Crippen molar-refractivity contribution >= 4 is 22.0 Å². The number of benzene rings is 1. The van der Waals surface area contributed by atoms with Crippen molar-refractivity contribution in [2.45, 2.75) is 4.90 Å². The number of H-pyrrole nitrogens is 1. The second-order valence-corrected chi connectivity index (χ2v) is 6.37. The van der Waals surface area contributed by atoms with Crippen molar-refractivity contribution in [1.29, 1.82) is 0 Å². The minimum absolute atomic E-state index is 0.193. The van der Waals surface area contributed by atoms with Crippen molar-refractivity contribution in [3.8, 4) is 5.75 Å². The molecule has 110 valence electrons. The molecule has 0 radical (unpaired) electrons. The van der Waals surface area contributed by atoms with Crippen LogP contribution in [-0.4, -0.2) is 32.0 Å². The van der Waals surface area contributed by atoms with Crippen LogP contribution in [0.4, 0.5) is 0 Å². The van der Waals surface area contributed by atoms with E-state index in [1.54, 1.807) is 24.3 Å². The molecular weight excluding hydrogens is 292 g/mol. The van der Waals surface area contributed by atoms with Gasteiger partial charge in [0.1, 0.15) is 5.75 Å². The van der Waals surface area contributed by atoms with Gasteiger partial charge in [-0.05, 0) is 36.4 Å². The minimum Gasteiger partial charge on any atom is -0.496 e. The van der Waals surface area contributed by atoms with E-state index in [-0.39, 0.29) is 10.5 Å². The zero-order valence-corrected chi connectivity index (χ0v) is 12.3. The maximum Gasteiger partial charge on any atom is 0.264 e. The number of hydrogen-bond donors (Lipinski definition) is 1. The van der Waals surface area contributed by atoms with Crippen molar-refractivity contribution in [3.05, 3.63) is 51.9 Å². The third-order valence-electron chi connectivity index (χ3n) is 2.77. The smallest absolute Gasteiger partial charge is 0.264 e. The lowest BCUT2D eigenvalue weighted by Gasteiger charge is -2.07. The quantitative estimate of drug-likeness (QED) is 0.921. The van der Waals surface area contributed by atoms with E-state index in [4.69, 9.17) is 4.74 Å². The van der Waals surface area contributed by atoms with Crippen LogP contribution < -0.4 is 10.3 Å². The monoisotopic (exact) mass is 306 g/mol. The molecule has 7 heteroatoms. The summed E-state index contributed by atoms with van der Waals surface area (Å²) in [5.41, 5.74) is 1.00. The van der Waals surface area contributed by atoms with E-state index in [2.05, 4.69) is 10.2 Å². The maximum atomic E-state index is 11.5. The van der Waals surface area contributed by atoms with E-state index in [9.17, 15) is 13.2 Å². The molecule has 0 aliphatic carbocycles. The number of hydrogen-bond acceptors (Lipinski definition) is 5. The molecular formula is C14H14N2O4S. The molecule has 1 N–H and O–H groups in total. The fraction of sp³-hybridized carbons (Fsp3) is 0.143. The van der Waals surface area contributed by atoms with Gasteiger partial charge in [-0.1, -0.05) is 0 Å². The van der Waals surface area contributed by atoms with Crippen LogP contribution in [0.2, 0.25) is 0 Å². The Morgan fingerprint density at radius 1 is 1.19 bits per heavy atom. The van der Waals surface area contributed by atoms with Gasteiger partial charge in [0.05, 0.1) is 17.7 Å². The molecule has 0 amide bonds. The van der Waals surface area contributed by atoms with Gasteiger partial charge < -0.3 is 4.74 Å². The van der Waals surface area contributed by atoms with Gasteiger partial charge in [0.25, 0.3) is 5.56 Å². The summed E-state index contributed by atoms with van der Waals surface area (Å²) in [5, 5.41) is 6.17. The second kappa shape index (κ2) is 5.92. The van der Waals surface area contributed by atoms with Crippen molar-refractivity contribution in [1.82, 2.24) is 10.2 Å². The van der Waals surface area contributed by atoms with Crippen LogP contribution in [0.1, 0.15) is 11.3 Å². The Morgan fingerprint density at radius 2 is 1.95 bits per heavy atom. The third-order valence-corrected chi connectivity index (χ3v) is 3.88. The summed E-state index contributed by atoms with van der Waals surface area (Å²) in [6, 6.07) is 7.58. The average Bonchev–Trinajstić information content (AvgIpc) is 2.45. The molecule has 0 aliphatic heterocycles. The highest BCUT2D eigenvalue weighted by Crippen LogP contribution is 2.24. The standard InChI is InChI=1S/C14H14N2O4S/c1-20-13-9-12(21(2,18)19)7-4-10(13)3-5-11-6-8-14(17)16-15-11/h3-9H,1-2H3,(H,16,17). The van der Waals surface area contributed by atoms with Gasteiger partial charge in [0.2, 0.25) is 0 Å². The lowest BCUT2D eigenvalue weighted by Crippen LogP contribution is -2.05. The first-order valence-electron chi connectivity index (χ1n) is 6.02. The first-order valence-corrected chi connectivity index (χ1v) is 7.91. The highest BCUT2D eigenvalue weighted by molar-refractivity contribution is 7.90. The van der Waals surface area contributed by atoms with Crippen LogP contribution in [0.3, 0.4) is 0 Å². The Hall–Kier alpha value is -2.41. The van der Waals surface area contributed by atoms with Crippen LogP contribution in [0.5, 0.6) is 5.75 Å². The summed E-state index contributed by atoms with van der Waals surface area (Å²) in [4.78, 5) is 11.1. The van der Waals surface area contributed by atoms with Gasteiger partial charge in [0.15, 0.2) is 9.84 Å². The largest absolute Gasteiger partial charge is 0.496 e.